The maximum atomic E-state index is 12.3. The van der Waals surface area contributed by atoms with Gasteiger partial charge in [0, 0.05) is 5.56 Å². The minimum atomic E-state index is -0.406. The first kappa shape index (κ1) is 21.9. The summed E-state index contributed by atoms with van der Waals surface area (Å²) >= 11 is 6.21. The molecule has 0 aliphatic carbocycles. The summed E-state index contributed by atoms with van der Waals surface area (Å²) < 4.78 is 21.3. The summed E-state index contributed by atoms with van der Waals surface area (Å²) in [5.74, 6) is 3.72. The van der Waals surface area contributed by atoms with Gasteiger partial charge in [-0.1, -0.05) is 17.5 Å². The number of methoxy groups -OCH3 is 2. The lowest BCUT2D eigenvalue weighted by Gasteiger charge is -2.11. The van der Waals surface area contributed by atoms with Crippen LogP contribution in [0.4, 0.5) is 0 Å². The lowest BCUT2D eigenvalue weighted by molar-refractivity contribution is 0.0954. The number of carbonyl (C=O) groups is 1. The third-order valence-corrected chi connectivity index (χ3v) is 3.94. The van der Waals surface area contributed by atoms with Crippen molar-refractivity contribution in [1.29, 1.82) is 0 Å². The normalized spacial score (nSPS) is 10.3. The molecule has 0 heterocycles. The minimum Gasteiger partial charge on any atom is -0.493 e. The SMILES string of the molecule is C#CCOc1c(Cl)cc(/C=N/NC(=O)c2ccc(OC)c(OCC)c2)cc1OC. The third kappa shape index (κ3) is 5.80. The van der Waals surface area contributed by atoms with Crippen LogP contribution in [0.15, 0.2) is 35.4 Å². The van der Waals surface area contributed by atoms with E-state index in [-0.39, 0.29) is 6.61 Å². The van der Waals surface area contributed by atoms with Crippen molar-refractivity contribution in [3.8, 4) is 35.3 Å². The van der Waals surface area contributed by atoms with Crippen LogP contribution in [0.5, 0.6) is 23.0 Å². The van der Waals surface area contributed by atoms with Gasteiger partial charge in [0.1, 0.15) is 6.61 Å². The van der Waals surface area contributed by atoms with Gasteiger partial charge in [-0.15, -0.1) is 6.42 Å². The molecule has 1 N–H and O–H groups in total. The Bertz CT molecular complexity index is 937. The van der Waals surface area contributed by atoms with Crippen molar-refractivity contribution in [3.05, 3.63) is 46.5 Å². The molecule has 0 aliphatic heterocycles. The van der Waals surface area contributed by atoms with Crippen LogP contribution in [-0.2, 0) is 0 Å². The Morgan fingerprint density at radius 2 is 1.93 bits per heavy atom. The quantitative estimate of drug-likeness (QED) is 0.384. The van der Waals surface area contributed by atoms with Gasteiger partial charge >= 0.3 is 0 Å². The van der Waals surface area contributed by atoms with E-state index in [1.807, 2.05) is 6.92 Å². The summed E-state index contributed by atoms with van der Waals surface area (Å²) in [4.78, 5) is 12.3. The molecule has 0 saturated carbocycles. The summed E-state index contributed by atoms with van der Waals surface area (Å²) in [6.45, 7) is 2.35. The highest BCUT2D eigenvalue weighted by Crippen LogP contribution is 2.36. The summed E-state index contributed by atoms with van der Waals surface area (Å²) in [5, 5.41) is 4.27. The Labute approximate surface area is 174 Å². The molecule has 0 fully saturated rings. The van der Waals surface area contributed by atoms with E-state index in [2.05, 4.69) is 16.4 Å². The van der Waals surface area contributed by atoms with E-state index in [9.17, 15) is 4.79 Å². The molecule has 0 bridgehead atoms. The maximum absolute atomic E-state index is 12.3. The number of hydrazone groups is 1. The average molecular weight is 417 g/mol. The predicted octanol–water partition coefficient (Wildman–Crippen LogP) is 3.53. The third-order valence-electron chi connectivity index (χ3n) is 3.66. The van der Waals surface area contributed by atoms with Crippen LogP contribution in [0.3, 0.4) is 0 Å². The highest BCUT2D eigenvalue weighted by Gasteiger charge is 2.12. The van der Waals surface area contributed by atoms with E-state index in [0.29, 0.717) is 45.8 Å². The molecule has 8 heteroatoms. The first-order valence-electron chi connectivity index (χ1n) is 8.62. The van der Waals surface area contributed by atoms with Crippen molar-refractivity contribution in [2.75, 3.05) is 27.4 Å². The monoisotopic (exact) mass is 416 g/mol. The van der Waals surface area contributed by atoms with E-state index >= 15 is 0 Å². The van der Waals surface area contributed by atoms with Gasteiger partial charge in [-0.2, -0.15) is 5.10 Å². The van der Waals surface area contributed by atoms with Crippen molar-refractivity contribution in [2.24, 2.45) is 5.10 Å². The molecule has 0 atom stereocenters. The standard InChI is InChI=1S/C21H21ClN2O5/c1-5-9-29-20-16(22)10-14(11-19(20)27-4)13-23-24-21(25)15-7-8-17(26-3)18(12-15)28-6-2/h1,7-8,10-13H,6,9H2,2-4H3,(H,24,25)/b23-13+. The molecule has 2 aromatic rings. The number of amides is 1. The predicted molar refractivity (Wildman–Crippen MR) is 112 cm³/mol. The highest BCUT2D eigenvalue weighted by molar-refractivity contribution is 6.32. The van der Waals surface area contributed by atoms with Gasteiger partial charge in [0.15, 0.2) is 23.0 Å². The minimum absolute atomic E-state index is 0.0607. The number of ether oxygens (including phenoxy) is 4. The van der Waals surface area contributed by atoms with Crippen LogP contribution in [0.25, 0.3) is 0 Å². The van der Waals surface area contributed by atoms with E-state index < -0.39 is 5.91 Å². The first-order chi connectivity index (χ1) is 14.0. The number of nitrogens with one attached hydrogen (secondary N) is 1. The van der Waals surface area contributed by atoms with Gasteiger partial charge in [0.25, 0.3) is 5.91 Å². The summed E-state index contributed by atoms with van der Waals surface area (Å²) in [6.07, 6.45) is 6.63. The fraction of sp³-hybridized carbons (Fsp3) is 0.238. The van der Waals surface area contributed by atoms with Crippen LogP contribution >= 0.6 is 11.6 Å². The summed E-state index contributed by atoms with van der Waals surface area (Å²) in [5.41, 5.74) is 3.43. The van der Waals surface area contributed by atoms with E-state index in [4.69, 9.17) is 37.0 Å². The second-order valence-electron chi connectivity index (χ2n) is 5.52. The van der Waals surface area contributed by atoms with Gasteiger partial charge in [-0.3, -0.25) is 4.79 Å². The van der Waals surface area contributed by atoms with Crippen LogP contribution in [0, 0.1) is 12.3 Å². The topological polar surface area (TPSA) is 78.4 Å². The Morgan fingerprint density at radius 3 is 2.59 bits per heavy atom. The fourth-order valence-corrected chi connectivity index (χ4v) is 2.66. The summed E-state index contributed by atoms with van der Waals surface area (Å²) in [6, 6.07) is 8.14. The van der Waals surface area contributed by atoms with Crippen molar-refractivity contribution in [1.82, 2.24) is 5.43 Å². The number of hydrogen-bond donors (Lipinski definition) is 1. The number of benzene rings is 2. The number of carbonyl (C=O) groups excluding carboxylic acids is 1. The van der Waals surface area contributed by atoms with Crippen molar-refractivity contribution in [2.45, 2.75) is 6.92 Å². The van der Waals surface area contributed by atoms with E-state index in [0.717, 1.165) is 0 Å². The number of nitrogens with zero attached hydrogens (tertiary/aromatic N) is 1. The van der Waals surface area contributed by atoms with Gasteiger partial charge in [0.05, 0.1) is 32.1 Å². The first-order valence-corrected chi connectivity index (χ1v) is 8.99. The Hall–Kier alpha value is -3.37. The molecule has 0 aliphatic rings. The largest absolute Gasteiger partial charge is 0.493 e. The smallest absolute Gasteiger partial charge is 0.271 e. The van der Waals surface area contributed by atoms with Gasteiger partial charge in [-0.05, 0) is 42.8 Å². The van der Waals surface area contributed by atoms with Crippen LogP contribution in [0.1, 0.15) is 22.8 Å². The fourth-order valence-electron chi connectivity index (χ4n) is 2.38. The number of hydrogen-bond acceptors (Lipinski definition) is 6. The zero-order chi connectivity index (χ0) is 21.2. The lowest BCUT2D eigenvalue weighted by Crippen LogP contribution is -2.17. The van der Waals surface area contributed by atoms with Crippen molar-refractivity contribution < 1.29 is 23.7 Å². The lowest BCUT2D eigenvalue weighted by atomic mass is 10.2. The van der Waals surface area contributed by atoms with Crippen LogP contribution < -0.4 is 24.4 Å². The molecule has 7 nitrogen and oxygen atoms in total. The van der Waals surface area contributed by atoms with Crippen molar-refractivity contribution >= 4 is 23.7 Å². The highest BCUT2D eigenvalue weighted by atomic mass is 35.5. The molecule has 152 valence electrons. The van der Waals surface area contributed by atoms with E-state index in [1.165, 1.54) is 20.4 Å². The maximum Gasteiger partial charge on any atom is 0.271 e. The molecule has 2 rings (SSSR count). The van der Waals surface area contributed by atoms with Gasteiger partial charge < -0.3 is 18.9 Å². The molecule has 1 amide bonds. The number of rotatable bonds is 9. The zero-order valence-electron chi connectivity index (χ0n) is 16.3. The Balaban J connectivity index is 2.13. The van der Waals surface area contributed by atoms with Crippen LogP contribution in [0.2, 0.25) is 5.02 Å². The molecule has 0 radical (unpaired) electrons. The zero-order valence-corrected chi connectivity index (χ0v) is 17.1. The van der Waals surface area contributed by atoms with Crippen molar-refractivity contribution in [3.63, 3.8) is 0 Å². The van der Waals surface area contributed by atoms with E-state index in [1.54, 1.807) is 30.3 Å². The average Bonchev–Trinajstić information content (AvgIpc) is 2.72. The molecular formula is C21H21ClN2O5. The van der Waals surface area contributed by atoms with Crippen LogP contribution in [-0.4, -0.2) is 39.6 Å². The summed E-state index contributed by atoms with van der Waals surface area (Å²) in [7, 11) is 3.01. The second kappa shape index (κ2) is 10.8. The molecule has 0 aromatic heterocycles. The van der Waals surface area contributed by atoms with Gasteiger partial charge in [-0.25, -0.2) is 5.43 Å². The molecule has 29 heavy (non-hydrogen) atoms. The second-order valence-corrected chi connectivity index (χ2v) is 5.93. The number of terminal acetylenes is 1. The number of halogens is 1. The Kier molecular flexibility index (Phi) is 8.19. The Morgan fingerprint density at radius 1 is 1.17 bits per heavy atom. The van der Waals surface area contributed by atoms with Gasteiger partial charge in [0.2, 0.25) is 0 Å². The molecule has 0 unspecified atom stereocenters. The molecular weight excluding hydrogens is 396 g/mol. The molecule has 0 spiro atoms. The molecule has 2 aromatic carbocycles. The molecule has 0 saturated heterocycles.